The zero-order valence-electron chi connectivity index (χ0n) is 14.3. The molecule has 0 bridgehead atoms. The van der Waals surface area contributed by atoms with Gasteiger partial charge in [0.05, 0.1) is 18.3 Å². The van der Waals surface area contributed by atoms with Crippen molar-refractivity contribution in [3.05, 3.63) is 0 Å². The first-order chi connectivity index (χ1) is 10.2. The second-order valence-electron chi connectivity index (χ2n) is 7.16. The van der Waals surface area contributed by atoms with Gasteiger partial charge in [0.25, 0.3) is 0 Å². The lowest BCUT2D eigenvalue weighted by molar-refractivity contribution is -0.131. The zero-order valence-corrected chi connectivity index (χ0v) is 14.3. The van der Waals surface area contributed by atoms with Crippen molar-refractivity contribution in [3.8, 4) is 0 Å². The molecular formula is C18H35NO2. The van der Waals surface area contributed by atoms with Crippen LogP contribution in [0.3, 0.4) is 0 Å². The molecule has 2 saturated carbocycles. The second-order valence-corrected chi connectivity index (χ2v) is 7.16. The Kier molecular flexibility index (Phi) is 6.97. The van der Waals surface area contributed by atoms with Gasteiger partial charge in [-0.15, -0.1) is 0 Å². The summed E-state index contributed by atoms with van der Waals surface area (Å²) in [5, 5.41) is 3.71. The fourth-order valence-corrected chi connectivity index (χ4v) is 3.60. The maximum absolute atomic E-state index is 6.50. The van der Waals surface area contributed by atoms with Gasteiger partial charge >= 0.3 is 0 Å². The number of nitrogens with one attached hydrogen (secondary N) is 1. The molecule has 3 heteroatoms. The standard InChI is InChI=1S/C18H35NO2/c1-4-6-16-9-11-18(12-10-16,14-19-17-7-8-17)21-15(3)13-20-5-2/h15-17,19H,4-14H2,1-3H3. The van der Waals surface area contributed by atoms with Crippen LogP contribution in [0.5, 0.6) is 0 Å². The van der Waals surface area contributed by atoms with Gasteiger partial charge in [0.15, 0.2) is 0 Å². The van der Waals surface area contributed by atoms with Crippen LogP contribution in [0.4, 0.5) is 0 Å². The fraction of sp³-hybridized carbons (Fsp3) is 1.00. The monoisotopic (exact) mass is 297 g/mol. The molecule has 1 unspecified atom stereocenters. The van der Waals surface area contributed by atoms with E-state index in [1.165, 1.54) is 51.4 Å². The Morgan fingerprint density at radius 2 is 1.86 bits per heavy atom. The van der Waals surface area contributed by atoms with Gasteiger partial charge in [0.2, 0.25) is 0 Å². The molecule has 2 fully saturated rings. The van der Waals surface area contributed by atoms with Gasteiger partial charge in [-0.3, -0.25) is 0 Å². The van der Waals surface area contributed by atoms with Crippen molar-refractivity contribution in [1.82, 2.24) is 5.32 Å². The maximum atomic E-state index is 6.50. The summed E-state index contributed by atoms with van der Waals surface area (Å²) in [6.45, 7) is 9.05. The van der Waals surface area contributed by atoms with Crippen molar-refractivity contribution in [3.63, 3.8) is 0 Å². The molecular weight excluding hydrogens is 262 g/mol. The van der Waals surface area contributed by atoms with Crippen LogP contribution in [0, 0.1) is 5.92 Å². The lowest BCUT2D eigenvalue weighted by atomic mass is 9.77. The van der Waals surface area contributed by atoms with Crippen molar-refractivity contribution < 1.29 is 9.47 Å². The van der Waals surface area contributed by atoms with E-state index in [9.17, 15) is 0 Å². The predicted molar refractivity (Wildman–Crippen MR) is 87.7 cm³/mol. The van der Waals surface area contributed by atoms with Crippen LogP contribution < -0.4 is 5.32 Å². The summed E-state index contributed by atoms with van der Waals surface area (Å²) in [5.74, 6) is 0.926. The van der Waals surface area contributed by atoms with Gasteiger partial charge in [0, 0.05) is 19.2 Å². The fourth-order valence-electron chi connectivity index (χ4n) is 3.60. The van der Waals surface area contributed by atoms with Crippen molar-refractivity contribution in [2.45, 2.75) is 89.9 Å². The van der Waals surface area contributed by atoms with Crippen molar-refractivity contribution in [2.75, 3.05) is 19.8 Å². The molecule has 124 valence electrons. The Hall–Kier alpha value is -0.120. The van der Waals surface area contributed by atoms with E-state index in [0.29, 0.717) is 0 Å². The number of hydrogen-bond donors (Lipinski definition) is 1. The highest BCUT2D eigenvalue weighted by molar-refractivity contribution is 4.93. The van der Waals surface area contributed by atoms with Crippen molar-refractivity contribution in [1.29, 1.82) is 0 Å². The number of rotatable bonds is 10. The van der Waals surface area contributed by atoms with E-state index in [4.69, 9.17) is 9.47 Å². The molecule has 0 aromatic carbocycles. The zero-order chi connectivity index (χ0) is 15.1. The first kappa shape index (κ1) is 17.2. The summed E-state index contributed by atoms with van der Waals surface area (Å²) < 4.78 is 12.0. The summed E-state index contributed by atoms with van der Waals surface area (Å²) in [6, 6.07) is 0.765. The van der Waals surface area contributed by atoms with Crippen LogP contribution in [-0.4, -0.2) is 37.5 Å². The van der Waals surface area contributed by atoms with Gasteiger partial charge < -0.3 is 14.8 Å². The highest BCUT2D eigenvalue weighted by Gasteiger charge is 2.38. The van der Waals surface area contributed by atoms with Gasteiger partial charge in [-0.05, 0) is 58.3 Å². The Morgan fingerprint density at radius 3 is 2.43 bits per heavy atom. The first-order valence-electron chi connectivity index (χ1n) is 9.16. The molecule has 0 spiro atoms. The quantitative estimate of drug-likeness (QED) is 0.663. The molecule has 2 rings (SSSR count). The minimum atomic E-state index is 0.0589. The molecule has 1 atom stereocenters. The molecule has 0 saturated heterocycles. The smallest absolute Gasteiger partial charge is 0.0811 e. The highest BCUT2D eigenvalue weighted by Crippen LogP contribution is 2.38. The molecule has 0 radical (unpaired) electrons. The Bertz CT molecular complexity index is 283. The summed E-state index contributed by atoms with van der Waals surface area (Å²) in [7, 11) is 0. The predicted octanol–water partition coefficient (Wildman–Crippen LogP) is 3.91. The Balaban J connectivity index is 1.84. The van der Waals surface area contributed by atoms with Crippen LogP contribution in [0.1, 0.15) is 72.1 Å². The third-order valence-electron chi connectivity index (χ3n) is 5.01. The average Bonchev–Trinajstić information content (AvgIpc) is 3.30. The van der Waals surface area contributed by atoms with Crippen LogP contribution in [0.2, 0.25) is 0 Å². The molecule has 0 aromatic heterocycles. The van der Waals surface area contributed by atoms with Crippen molar-refractivity contribution >= 4 is 0 Å². The molecule has 2 aliphatic carbocycles. The maximum Gasteiger partial charge on any atom is 0.0811 e. The Morgan fingerprint density at radius 1 is 1.14 bits per heavy atom. The summed E-state index contributed by atoms with van der Waals surface area (Å²) in [6.07, 6.45) is 10.7. The summed E-state index contributed by atoms with van der Waals surface area (Å²) in [5.41, 5.74) is 0.0589. The van der Waals surface area contributed by atoms with E-state index < -0.39 is 0 Å². The molecule has 0 aliphatic heterocycles. The van der Waals surface area contributed by atoms with E-state index in [0.717, 1.165) is 31.7 Å². The summed E-state index contributed by atoms with van der Waals surface area (Å²) in [4.78, 5) is 0. The lowest BCUT2D eigenvalue weighted by Gasteiger charge is -2.42. The van der Waals surface area contributed by atoms with Crippen molar-refractivity contribution in [2.24, 2.45) is 5.92 Å². The first-order valence-corrected chi connectivity index (χ1v) is 9.16. The normalized spacial score (nSPS) is 31.3. The van der Waals surface area contributed by atoms with Crippen LogP contribution in [0.15, 0.2) is 0 Å². The third-order valence-corrected chi connectivity index (χ3v) is 5.01. The minimum absolute atomic E-state index is 0.0589. The summed E-state index contributed by atoms with van der Waals surface area (Å²) >= 11 is 0. The molecule has 0 amide bonds. The SMILES string of the molecule is CCCC1CCC(CNC2CC2)(OC(C)COCC)CC1. The molecule has 3 nitrogen and oxygen atoms in total. The highest BCUT2D eigenvalue weighted by atomic mass is 16.5. The molecule has 0 heterocycles. The Labute approximate surface area is 131 Å². The van der Waals surface area contributed by atoms with Gasteiger partial charge in [-0.25, -0.2) is 0 Å². The topological polar surface area (TPSA) is 30.5 Å². The van der Waals surface area contributed by atoms with E-state index in [1.807, 2.05) is 6.92 Å². The van der Waals surface area contributed by atoms with Gasteiger partial charge in [-0.2, -0.15) is 0 Å². The van der Waals surface area contributed by atoms with E-state index >= 15 is 0 Å². The third kappa shape index (κ3) is 5.88. The van der Waals surface area contributed by atoms with Crippen LogP contribution in [0.25, 0.3) is 0 Å². The number of hydrogen-bond acceptors (Lipinski definition) is 3. The van der Waals surface area contributed by atoms with Crippen LogP contribution >= 0.6 is 0 Å². The van der Waals surface area contributed by atoms with Crippen LogP contribution in [-0.2, 0) is 9.47 Å². The molecule has 21 heavy (non-hydrogen) atoms. The largest absolute Gasteiger partial charge is 0.379 e. The van der Waals surface area contributed by atoms with E-state index in [2.05, 4.69) is 19.2 Å². The van der Waals surface area contributed by atoms with E-state index in [1.54, 1.807) is 0 Å². The van der Waals surface area contributed by atoms with Gasteiger partial charge in [-0.1, -0.05) is 19.8 Å². The minimum Gasteiger partial charge on any atom is -0.379 e. The second kappa shape index (κ2) is 8.50. The molecule has 0 aromatic rings. The van der Waals surface area contributed by atoms with E-state index in [-0.39, 0.29) is 11.7 Å². The molecule has 2 aliphatic rings. The number of ether oxygens (including phenoxy) is 2. The lowest BCUT2D eigenvalue weighted by Crippen LogP contribution is -2.48. The van der Waals surface area contributed by atoms with Gasteiger partial charge in [0.1, 0.15) is 0 Å². The molecule has 1 N–H and O–H groups in total. The average molecular weight is 297 g/mol.